The van der Waals surface area contributed by atoms with E-state index in [4.69, 9.17) is 0 Å². The lowest BCUT2D eigenvalue weighted by Gasteiger charge is -2.16. The minimum Gasteiger partial charge on any atom is -0.350 e. The quantitative estimate of drug-likeness (QED) is 0.772. The third-order valence-corrected chi connectivity index (χ3v) is 4.83. The fraction of sp³-hybridized carbons (Fsp3) is 0.263. The molecular weight excluding hydrogens is 305 g/mol. The molecule has 5 heteroatoms. The van der Waals surface area contributed by atoms with Gasteiger partial charge < -0.3 is 5.32 Å². The minimum absolute atomic E-state index is 0.0641. The molecule has 1 aromatic heterocycles. The predicted octanol–water partition coefficient (Wildman–Crippen LogP) is 3.47. The summed E-state index contributed by atoms with van der Waals surface area (Å²) in [6, 6.07) is 12.4. The molecule has 2 N–H and O–H groups in total. The second-order valence-electron chi connectivity index (χ2n) is 6.59. The molecule has 1 amide bonds. The van der Waals surface area contributed by atoms with E-state index in [2.05, 4.69) is 15.5 Å². The number of H-pyrrole nitrogens is 1. The summed E-state index contributed by atoms with van der Waals surface area (Å²) in [5, 5.41) is 10.9. The number of nitrogens with zero attached hydrogens (tertiary/aromatic N) is 1. The lowest BCUT2D eigenvalue weighted by molar-refractivity contribution is 0.0946. The first-order valence-electron chi connectivity index (χ1n) is 8.06. The van der Waals surface area contributed by atoms with Crippen LogP contribution in [0.3, 0.4) is 0 Å². The zero-order chi connectivity index (χ0) is 16.7. The van der Waals surface area contributed by atoms with Crippen molar-refractivity contribution in [1.29, 1.82) is 0 Å². The number of rotatable bonds is 4. The number of aryl methyl sites for hydroxylation is 1. The van der Waals surface area contributed by atoms with Gasteiger partial charge in [-0.15, -0.1) is 0 Å². The highest BCUT2D eigenvalue weighted by Gasteiger charge is 2.44. The molecule has 0 saturated heterocycles. The van der Waals surface area contributed by atoms with Crippen LogP contribution in [0.15, 0.2) is 42.5 Å². The smallest absolute Gasteiger partial charge is 0.272 e. The Morgan fingerprint density at radius 1 is 1.25 bits per heavy atom. The number of halogens is 1. The number of carbonyl (C=O) groups excluding carboxylic acids is 1. The van der Waals surface area contributed by atoms with Crippen molar-refractivity contribution >= 4 is 16.8 Å². The molecule has 24 heavy (non-hydrogen) atoms. The molecule has 0 bridgehead atoms. The van der Waals surface area contributed by atoms with Crippen molar-refractivity contribution in [3.05, 3.63) is 65.1 Å². The summed E-state index contributed by atoms with van der Waals surface area (Å²) in [6.45, 7) is 2.53. The monoisotopic (exact) mass is 323 g/mol. The van der Waals surface area contributed by atoms with Crippen LogP contribution in [0, 0.1) is 12.7 Å². The van der Waals surface area contributed by atoms with Crippen molar-refractivity contribution < 1.29 is 9.18 Å². The number of benzene rings is 2. The number of nitrogens with one attached hydrogen (secondary N) is 2. The van der Waals surface area contributed by atoms with E-state index in [0.29, 0.717) is 12.2 Å². The third-order valence-electron chi connectivity index (χ3n) is 4.83. The van der Waals surface area contributed by atoms with Gasteiger partial charge in [-0.05, 0) is 49.6 Å². The van der Waals surface area contributed by atoms with E-state index in [1.807, 2.05) is 37.3 Å². The molecule has 1 saturated carbocycles. The number of aromatic nitrogens is 2. The fourth-order valence-corrected chi connectivity index (χ4v) is 3.16. The first-order chi connectivity index (χ1) is 11.6. The van der Waals surface area contributed by atoms with Crippen molar-refractivity contribution in [3.63, 3.8) is 0 Å². The van der Waals surface area contributed by atoms with E-state index >= 15 is 0 Å². The van der Waals surface area contributed by atoms with Crippen LogP contribution in [0.2, 0.25) is 0 Å². The summed E-state index contributed by atoms with van der Waals surface area (Å²) in [5.41, 5.74) is 3.37. The Hall–Kier alpha value is -2.69. The molecule has 3 aromatic rings. The Labute approximate surface area is 139 Å². The molecule has 1 heterocycles. The van der Waals surface area contributed by atoms with Gasteiger partial charge in [0.2, 0.25) is 0 Å². The fourth-order valence-electron chi connectivity index (χ4n) is 3.16. The molecule has 0 spiro atoms. The third kappa shape index (κ3) is 2.56. The number of aromatic amines is 1. The van der Waals surface area contributed by atoms with E-state index in [1.54, 1.807) is 0 Å². The standard InChI is InChI=1S/C19H18FN3O/c1-12-2-7-16-15(10-12)17(23-22-16)18(24)21-11-19(8-9-19)13-3-5-14(20)6-4-13/h2-7,10H,8-9,11H2,1H3,(H,21,24)(H,22,23). The van der Waals surface area contributed by atoms with Gasteiger partial charge in [-0.2, -0.15) is 5.10 Å². The number of fused-ring (bicyclic) bond motifs is 1. The lowest BCUT2D eigenvalue weighted by atomic mass is 9.96. The van der Waals surface area contributed by atoms with Crippen LogP contribution in [-0.4, -0.2) is 22.6 Å². The normalized spacial score (nSPS) is 15.4. The SMILES string of the molecule is Cc1ccc2[nH]nc(C(=O)NCC3(c4ccc(F)cc4)CC3)c2c1. The molecule has 4 nitrogen and oxygen atoms in total. The molecule has 4 rings (SSSR count). The molecule has 0 unspecified atom stereocenters. The molecule has 1 aliphatic rings. The van der Waals surface area contributed by atoms with Crippen LogP contribution >= 0.6 is 0 Å². The first-order valence-corrected chi connectivity index (χ1v) is 8.06. The van der Waals surface area contributed by atoms with Gasteiger partial charge >= 0.3 is 0 Å². The molecule has 1 aliphatic carbocycles. The Morgan fingerprint density at radius 2 is 2.00 bits per heavy atom. The number of carbonyl (C=O) groups is 1. The maximum atomic E-state index is 13.1. The van der Waals surface area contributed by atoms with Crippen LogP contribution in [0.4, 0.5) is 4.39 Å². The van der Waals surface area contributed by atoms with Crippen molar-refractivity contribution in [2.24, 2.45) is 0 Å². The molecule has 122 valence electrons. The molecule has 0 atom stereocenters. The van der Waals surface area contributed by atoms with Crippen molar-refractivity contribution in [3.8, 4) is 0 Å². The van der Waals surface area contributed by atoms with Crippen LogP contribution < -0.4 is 5.32 Å². The van der Waals surface area contributed by atoms with Gasteiger partial charge in [0.15, 0.2) is 5.69 Å². The predicted molar refractivity (Wildman–Crippen MR) is 90.5 cm³/mol. The van der Waals surface area contributed by atoms with Crippen LogP contribution in [0.1, 0.15) is 34.5 Å². The van der Waals surface area contributed by atoms with Gasteiger partial charge in [0, 0.05) is 17.3 Å². The first kappa shape index (κ1) is 14.9. The molecule has 0 aliphatic heterocycles. The van der Waals surface area contributed by atoms with E-state index in [9.17, 15) is 9.18 Å². The molecule has 1 fully saturated rings. The molecule has 0 radical (unpaired) electrons. The maximum Gasteiger partial charge on any atom is 0.272 e. The van der Waals surface area contributed by atoms with Crippen LogP contribution in [0.25, 0.3) is 10.9 Å². The van der Waals surface area contributed by atoms with Gasteiger partial charge in [0.25, 0.3) is 5.91 Å². The van der Waals surface area contributed by atoms with E-state index in [-0.39, 0.29) is 17.1 Å². The highest BCUT2D eigenvalue weighted by molar-refractivity contribution is 6.04. The van der Waals surface area contributed by atoms with E-state index in [0.717, 1.165) is 34.9 Å². The topological polar surface area (TPSA) is 57.8 Å². The van der Waals surface area contributed by atoms with Gasteiger partial charge in [-0.3, -0.25) is 9.89 Å². The Balaban J connectivity index is 1.52. The second kappa shape index (κ2) is 5.44. The number of hydrogen-bond acceptors (Lipinski definition) is 2. The molecular formula is C19H18FN3O. The summed E-state index contributed by atoms with van der Waals surface area (Å²) in [7, 11) is 0. The highest BCUT2D eigenvalue weighted by atomic mass is 19.1. The summed E-state index contributed by atoms with van der Waals surface area (Å²) >= 11 is 0. The Morgan fingerprint density at radius 3 is 2.71 bits per heavy atom. The molecule has 2 aromatic carbocycles. The maximum absolute atomic E-state index is 13.1. The van der Waals surface area contributed by atoms with Gasteiger partial charge in [-0.25, -0.2) is 4.39 Å². The van der Waals surface area contributed by atoms with Crippen molar-refractivity contribution in [2.45, 2.75) is 25.2 Å². The van der Waals surface area contributed by atoms with Crippen molar-refractivity contribution in [1.82, 2.24) is 15.5 Å². The zero-order valence-corrected chi connectivity index (χ0v) is 13.4. The van der Waals surface area contributed by atoms with E-state index < -0.39 is 0 Å². The summed E-state index contributed by atoms with van der Waals surface area (Å²) < 4.78 is 13.1. The van der Waals surface area contributed by atoms with Gasteiger partial charge in [0.1, 0.15) is 5.82 Å². The van der Waals surface area contributed by atoms with E-state index in [1.165, 1.54) is 12.1 Å². The Bertz CT molecular complexity index is 910. The largest absolute Gasteiger partial charge is 0.350 e. The highest BCUT2D eigenvalue weighted by Crippen LogP contribution is 2.47. The summed E-state index contributed by atoms with van der Waals surface area (Å²) in [5.74, 6) is -0.419. The van der Waals surface area contributed by atoms with Gasteiger partial charge in [0.05, 0.1) is 5.52 Å². The second-order valence-corrected chi connectivity index (χ2v) is 6.59. The average Bonchev–Trinajstić information content (AvgIpc) is 3.26. The lowest BCUT2D eigenvalue weighted by Crippen LogP contribution is -2.32. The number of hydrogen-bond donors (Lipinski definition) is 2. The minimum atomic E-state index is -0.239. The van der Waals surface area contributed by atoms with Crippen molar-refractivity contribution in [2.75, 3.05) is 6.54 Å². The van der Waals surface area contributed by atoms with Crippen LogP contribution in [0.5, 0.6) is 0 Å². The zero-order valence-electron chi connectivity index (χ0n) is 13.4. The Kier molecular flexibility index (Phi) is 3.37. The number of amides is 1. The van der Waals surface area contributed by atoms with Gasteiger partial charge in [-0.1, -0.05) is 23.8 Å². The van der Waals surface area contributed by atoms with Crippen LogP contribution in [-0.2, 0) is 5.41 Å². The summed E-state index contributed by atoms with van der Waals surface area (Å²) in [6.07, 6.45) is 2.00. The summed E-state index contributed by atoms with van der Waals surface area (Å²) in [4.78, 5) is 12.5. The average molecular weight is 323 g/mol.